The van der Waals surface area contributed by atoms with Gasteiger partial charge in [-0.3, -0.25) is 4.79 Å². The molecule has 3 rings (SSSR count). The number of nitrogens with zero attached hydrogens (tertiary/aromatic N) is 3. The van der Waals surface area contributed by atoms with Crippen LogP contribution in [0.3, 0.4) is 0 Å². The molecule has 0 aliphatic carbocycles. The molecule has 0 bridgehead atoms. The Balaban J connectivity index is 2.15. The maximum atomic E-state index is 11.8. The van der Waals surface area contributed by atoms with E-state index in [4.69, 9.17) is 0 Å². The third-order valence-corrected chi connectivity index (χ3v) is 2.73. The van der Waals surface area contributed by atoms with E-state index in [9.17, 15) is 4.79 Å². The molecule has 19 heavy (non-hydrogen) atoms. The summed E-state index contributed by atoms with van der Waals surface area (Å²) in [7, 11) is 0. The monoisotopic (exact) mass is 249 g/mol. The SMILES string of the molecule is O=c1cnc(-c2ccccc2)nn1-c1ccccc1. The lowest BCUT2D eigenvalue weighted by molar-refractivity contribution is 0.786. The Bertz CT molecular complexity index is 736. The highest BCUT2D eigenvalue weighted by molar-refractivity contribution is 5.53. The summed E-state index contributed by atoms with van der Waals surface area (Å²) < 4.78 is 1.36. The predicted molar refractivity (Wildman–Crippen MR) is 73.1 cm³/mol. The lowest BCUT2D eigenvalue weighted by Gasteiger charge is -2.05. The summed E-state index contributed by atoms with van der Waals surface area (Å²) in [5.74, 6) is 0.532. The van der Waals surface area contributed by atoms with Gasteiger partial charge in [-0.1, -0.05) is 48.5 Å². The maximum Gasteiger partial charge on any atom is 0.289 e. The molecule has 0 aliphatic heterocycles. The van der Waals surface area contributed by atoms with Crippen LogP contribution in [0.5, 0.6) is 0 Å². The zero-order valence-corrected chi connectivity index (χ0v) is 10.1. The third kappa shape index (κ3) is 2.28. The Labute approximate surface area is 110 Å². The second-order valence-electron chi connectivity index (χ2n) is 4.03. The predicted octanol–water partition coefficient (Wildman–Crippen LogP) is 2.29. The van der Waals surface area contributed by atoms with Crippen molar-refractivity contribution in [3.63, 3.8) is 0 Å². The highest BCUT2D eigenvalue weighted by atomic mass is 16.1. The van der Waals surface area contributed by atoms with Crippen LogP contribution in [0.1, 0.15) is 0 Å². The average Bonchev–Trinajstić information content (AvgIpc) is 2.49. The highest BCUT2D eigenvalue weighted by Gasteiger charge is 2.05. The topological polar surface area (TPSA) is 47.8 Å². The molecule has 0 N–H and O–H groups in total. The van der Waals surface area contributed by atoms with E-state index in [0.717, 1.165) is 11.3 Å². The van der Waals surface area contributed by atoms with Gasteiger partial charge >= 0.3 is 0 Å². The molecule has 3 aromatic rings. The Kier molecular flexibility index (Phi) is 2.90. The van der Waals surface area contributed by atoms with E-state index in [-0.39, 0.29) is 5.56 Å². The van der Waals surface area contributed by atoms with Crippen LogP contribution in [0.2, 0.25) is 0 Å². The van der Waals surface area contributed by atoms with Gasteiger partial charge in [-0.2, -0.15) is 4.68 Å². The van der Waals surface area contributed by atoms with E-state index < -0.39 is 0 Å². The number of rotatable bonds is 2. The molecule has 4 nitrogen and oxygen atoms in total. The van der Waals surface area contributed by atoms with Gasteiger partial charge in [0.25, 0.3) is 5.56 Å². The fraction of sp³-hybridized carbons (Fsp3) is 0. The van der Waals surface area contributed by atoms with Gasteiger partial charge in [0.15, 0.2) is 5.82 Å². The molecule has 0 atom stereocenters. The maximum absolute atomic E-state index is 11.8. The van der Waals surface area contributed by atoms with Crippen LogP contribution in [0.15, 0.2) is 71.7 Å². The molecule has 1 heterocycles. The van der Waals surface area contributed by atoms with Crippen molar-refractivity contribution in [2.24, 2.45) is 0 Å². The first-order valence-corrected chi connectivity index (χ1v) is 5.92. The van der Waals surface area contributed by atoms with Crippen molar-refractivity contribution in [3.05, 3.63) is 77.2 Å². The first-order chi connectivity index (χ1) is 9.34. The molecular weight excluding hydrogens is 238 g/mol. The van der Waals surface area contributed by atoms with Crippen molar-refractivity contribution in [1.82, 2.24) is 14.8 Å². The normalized spacial score (nSPS) is 10.3. The number of para-hydroxylation sites is 1. The molecule has 92 valence electrons. The first kappa shape index (κ1) is 11.3. The molecule has 0 saturated carbocycles. The van der Waals surface area contributed by atoms with Crippen LogP contribution >= 0.6 is 0 Å². The summed E-state index contributed by atoms with van der Waals surface area (Å²) in [6, 6.07) is 18.9. The zero-order chi connectivity index (χ0) is 13.1. The second kappa shape index (κ2) is 4.86. The molecule has 4 heteroatoms. The molecule has 0 fully saturated rings. The van der Waals surface area contributed by atoms with Crippen LogP contribution in [-0.2, 0) is 0 Å². The van der Waals surface area contributed by atoms with Crippen molar-refractivity contribution in [2.75, 3.05) is 0 Å². The molecular formula is C15H11N3O. The molecule has 2 aromatic carbocycles. The molecule has 0 radical (unpaired) electrons. The van der Waals surface area contributed by atoms with E-state index >= 15 is 0 Å². The third-order valence-electron chi connectivity index (χ3n) is 2.73. The first-order valence-electron chi connectivity index (χ1n) is 5.92. The highest BCUT2D eigenvalue weighted by Crippen LogP contribution is 2.12. The second-order valence-corrected chi connectivity index (χ2v) is 4.03. The van der Waals surface area contributed by atoms with Gasteiger partial charge < -0.3 is 0 Å². The standard InChI is InChI=1S/C15H11N3O/c19-14-11-16-15(12-7-3-1-4-8-12)17-18(14)13-9-5-2-6-10-13/h1-11H. The minimum atomic E-state index is -0.245. The van der Waals surface area contributed by atoms with Crippen molar-refractivity contribution < 1.29 is 0 Å². The van der Waals surface area contributed by atoms with Crippen LogP contribution in [0.4, 0.5) is 0 Å². The van der Waals surface area contributed by atoms with E-state index in [1.165, 1.54) is 10.9 Å². The van der Waals surface area contributed by atoms with E-state index in [1.807, 2.05) is 60.7 Å². The zero-order valence-electron chi connectivity index (χ0n) is 10.1. The fourth-order valence-electron chi connectivity index (χ4n) is 1.81. The molecule has 0 spiro atoms. The van der Waals surface area contributed by atoms with Crippen molar-refractivity contribution in [3.8, 4) is 17.1 Å². The quantitative estimate of drug-likeness (QED) is 0.700. The Hall–Kier alpha value is -2.75. The van der Waals surface area contributed by atoms with Crippen LogP contribution in [0, 0.1) is 0 Å². The van der Waals surface area contributed by atoms with Crippen LogP contribution < -0.4 is 5.56 Å². The fourth-order valence-corrected chi connectivity index (χ4v) is 1.81. The van der Waals surface area contributed by atoms with Crippen LogP contribution in [0.25, 0.3) is 17.1 Å². The van der Waals surface area contributed by atoms with Crippen molar-refractivity contribution in [1.29, 1.82) is 0 Å². The van der Waals surface area contributed by atoms with Gasteiger partial charge in [0.2, 0.25) is 0 Å². The number of hydrogen-bond acceptors (Lipinski definition) is 3. The molecule has 0 amide bonds. The van der Waals surface area contributed by atoms with Crippen LogP contribution in [-0.4, -0.2) is 14.8 Å². The molecule has 0 aliphatic rings. The Morgan fingerprint density at radius 2 is 1.47 bits per heavy atom. The van der Waals surface area contributed by atoms with E-state index in [2.05, 4.69) is 10.1 Å². The lowest BCUT2D eigenvalue weighted by Crippen LogP contribution is -2.21. The lowest BCUT2D eigenvalue weighted by atomic mass is 10.2. The summed E-state index contributed by atoms with van der Waals surface area (Å²) in [5.41, 5.74) is 1.37. The van der Waals surface area contributed by atoms with Gasteiger partial charge in [-0.25, -0.2) is 4.98 Å². The molecule has 0 unspecified atom stereocenters. The van der Waals surface area contributed by atoms with E-state index in [0.29, 0.717) is 5.82 Å². The summed E-state index contributed by atoms with van der Waals surface area (Å²) >= 11 is 0. The Morgan fingerprint density at radius 3 is 2.16 bits per heavy atom. The molecule has 1 aromatic heterocycles. The smallest absolute Gasteiger partial charge is 0.266 e. The number of aromatic nitrogens is 3. The van der Waals surface area contributed by atoms with Gasteiger partial charge in [0, 0.05) is 5.56 Å². The minimum Gasteiger partial charge on any atom is -0.266 e. The number of hydrogen-bond donors (Lipinski definition) is 0. The van der Waals surface area contributed by atoms with Gasteiger partial charge in [0.05, 0.1) is 11.9 Å². The average molecular weight is 249 g/mol. The largest absolute Gasteiger partial charge is 0.289 e. The summed E-state index contributed by atoms with van der Waals surface area (Å²) in [4.78, 5) is 15.9. The van der Waals surface area contributed by atoms with Gasteiger partial charge in [0.1, 0.15) is 0 Å². The summed E-state index contributed by atoms with van der Waals surface area (Å²) in [6.45, 7) is 0. The summed E-state index contributed by atoms with van der Waals surface area (Å²) in [5, 5.41) is 4.31. The van der Waals surface area contributed by atoms with E-state index in [1.54, 1.807) is 0 Å². The van der Waals surface area contributed by atoms with Gasteiger partial charge in [-0.05, 0) is 12.1 Å². The molecule has 0 saturated heterocycles. The Morgan fingerprint density at radius 1 is 0.842 bits per heavy atom. The minimum absolute atomic E-state index is 0.245. The number of benzene rings is 2. The summed E-state index contributed by atoms with van der Waals surface area (Å²) in [6.07, 6.45) is 1.29. The van der Waals surface area contributed by atoms with Gasteiger partial charge in [-0.15, -0.1) is 5.10 Å². The van der Waals surface area contributed by atoms with Crippen molar-refractivity contribution in [2.45, 2.75) is 0 Å². The van der Waals surface area contributed by atoms with Crippen molar-refractivity contribution >= 4 is 0 Å².